The molecule has 0 bridgehead atoms. The van der Waals surface area contributed by atoms with Crippen LogP contribution >= 0.6 is 0 Å². The molecule has 1 N–H and O–H groups in total. The average molecular weight is 285 g/mol. The van der Waals surface area contributed by atoms with Crippen LogP contribution in [-0.2, 0) is 6.42 Å². The van der Waals surface area contributed by atoms with Gasteiger partial charge in [-0.2, -0.15) is 13.2 Å². The number of halogens is 3. The standard InChI is InChI=1S/C16H22F3N/c1-12(6-5-11-16(17,18)19)20-15-10-4-8-13-7-2-3-9-14(13)15/h2-3,7,9,12,15,20H,4-6,8,10-11H2,1H3. The van der Waals surface area contributed by atoms with Crippen LogP contribution in [0.5, 0.6) is 0 Å². The lowest BCUT2D eigenvalue weighted by atomic mass is 9.87. The van der Waals surface area contributed by atoms with Gasteiger partial charge in [0.2, 0.25) is 0 Å². The summed E-state index contributed by atoms with van der Waals surface area (Å²) >= 11 is 0. The number of alkyl halides is 3. The molecule has 0 amide bonds. The van der Waals surface area contributed by atoms with E-state index >= 15 is 0 Å². The highest BCUT2D eigenvalue weighted by molar-refractivity contribution is 5.32. The highest BCUT2D eigenvalue weighted by Gasteiger charge is 2.27. The lowest BCUT2D eigenvalue weighted by Crippen LogP contribution is -2.32. The lowest BCUT2D eigenvalue weighted by molar-refractivity contribution is -0.135. The largest absolute Gasteiger partial charge is 0.389 e. The summed E-state index contributed by atoms with van der Waals surface area (Å²) < 4.78 is 36.4. The second kappa shape index (κ2) is 6.61. The smallest absolute Gasteiger partial charge is 0.307 e. The van der Waals surface area contributed by atoms with Gasteiger partial charge in [-0.05, 0) is 50.2 Å². The molecule has 0 aliphatic heterocycles. The molecular weight excluding hydrogens is 263 g/mol. The Labute approximate surface area is 118 Å². The first-order valence-electron chi connectivity index (χ1n) is 7.36. The highest BCUT2D eigenvalue weighted by Crippen LogP contribution is 2.30. The normalized spacial score (nSPS) is 20.5. The zero-order valence-electron chi connectivity index (χ0n) is 11.8. The van der Waals surface area contributed by atoms with E-state index < -0.39 is 12.6 Å². The van der Waals surface area contributed by atoms with E-state index in [0.29, 0.717) is 12.5 Å². The number of aryl methyl sites for hydroxylation is 1. The van der Waals surface area contributed by atoms with E-state index in [2.05, 4.69) is 17.4 Å². The summed E-state index contributed by atoms with van der Waals surface area (Å²) in [6, 6.07) is 8.78. The van der Waals surface area contributed by atoms with Gasteiger partial charge in [0, 0.05) is 18.5 Å². The van der Waals surface area contributed by atoms with E-state index in [9.17, 15) is 13.2 Å². The first kappa shape index (κ1) is 15.4. The maximum absolute atomic E-state index is 12.1. The van der Waals surface area contributed by atoms with Crippen molar-refractivity contribution >= 4 is 0 Å². The molecule has 1 aliphatic carbocycles. The van der Waals surface area contributed by atoms with Gasteiger partial charge in [0.05, 0.1) is 0 Å². The van der Waals surface area contributed by atoms with Crippen molar-refractivity contribution in [2.24, 2.45) is 0 Å². The predicted molar refractivity (Wildman–Crippen MR) is 74.6 cm³/mol. The lowest BCUT2D eigenvalue weighted by Gasteiger charge is -2.29. The number of hydrogen-bond acceptors (Lipinski definition) is 1. The second-order valence-electron chi connectivity index (χ2n) is 5.72. The van der Waals surface area contributed by atoms with E-state index in [1.54, 1.807) is 0 Å². The summed E-state index contributed by atoms with van der Waals surface area (Å²) in [6.07, 6.45) is -0.622. The fraction of sp³-hybridized carbons (Fsp3) is 0.625. The molecule has 0 spiro atoms. The van der Waals surface area contributed by atoms with Gasteiger partial charge in [-0.3, -0.25) is 0 Å². The third-order valence-corrected chi connectivity index (χ3v) is 3.95. The topological polar surface area (TPSA) is 12.0 Å². The van der Waals surface area contributed by atoms with Gasteiger partial charge in [-0.1, -0.05) is 24.3 Å². The molecule has 0 radical (unpaired) electrons. The van der Waals surface area contributed by atoms with Gasteiger partial charge in [0.25, 0.3) is 0 Å². The monoisotopic (exact) mass is 285 g/mol. The first-order valence-corrected chi connectivity index (χ1v) is 7.36. The van der Waals surface area contributed by atoms with Gasteiger partial charge >= 0.3 is 6.18 Å². The fourth-order valence-corrected chi connectivity index (χ4v) is 2.96. The van der Waals surface area contributed by atoms with Crippen molar-refractivity contribution in [2.75, 3.05) is 0 Å². The molecule has 0 aromatic heterocycles. The highest BCUT2D eigenvalue weighted by atomic mass is 19.4. The Kier molecular flexibility index (Phi) is 5.08. The van der Waals surface area contributed by atoms with Crippen molar-refractivity contribution in [1.82, 2.24) is 5.32 Å². The Morgan fingerprint density at radius 2 is 2.05 bits per heavy atom. The SMILES string of the molecule is CC(CCCC(F)(F)F)NC1CCCc2ccccc21. The van der Waals surface area contributed by atoms with Gasteiger partial charge in [-0.25, -0.2) is 0 Å². The maximum Gasteiger partial charge on any atom is 0.389 e. The number of hydrogen-bond donors (Lipinski definition) is 1. The van der Waals surface area contributed by atoms with Gasteiger partial charge < -0.3 is 5.32 Å². The second-order valence-corrected chi connectivity index (χ2v) is 5.72. The fourth-order valence-electron chi connectivity index (χ4n) is 2.96. The van der Waals surface area contributed by atoms with Gasteiger partial charge in [-0.15, -0.1) is 0 Å². The van der Waals surface area contributed by atoms with E-state index in [1.165, 1.54) is 11.1 Å². The van der Waals surface area contributed by atoms with Crippen LogP contribution < -0.4 is 5.32 Å². The van der Waals surface area contributed by atoms with Crippen LogP contribution in [-0.4, -0.2) is 12.2 Å². The Balaban J connectivity index is 1.85. The Morgan fingerprint density at radius 1 is 1.30 bits per heavy atom. The third kappa shape index (κ3) is 4.51. The number of fused-ring (bicyclic) bond motifs is 1. The van der Waals surface area contributed by atoms with Crippen LogP contribution in [0, 0.1) is 0 Å². The minimum absolute atomic E-state index is 0.119. The van der Waals surface area contributed by atoms with E-state index in [0.717, 1.165) is 19.3 Å². The van der Waals surface area contributed by atoms with Gasteiger partial charge in [0.1, 0.15) is 0 Å². The van der Waals surface area contributed by atoms with Crippen LogP contribution in [0.25, 0.3) is 0 Å². The van der Waals surface area contributed by atoms with Crippen LogP contribution in [0.1, 0.15) is 56.2 Å². The van der Waals surface area contributed by atoms with E-state index in [-0.39, 0.29) is 12.5 Å². The first-order chi connectivity index (χ1) is 9.46. The molecular formula is C16H22F3N. The molecule has 0 saturated heterocycles. The van der Waals surface area contributed by atoms with E-state index in [1.807, 2.05) is 19.1 Å². The van der Waals surface area contributed by atoms with Crippen LogP contribution in [0.4, 0.5) is 13.2 Å². The van der Waals surface area contributed by atoms with Crippen molar-refractivity contribution in [1.29, 1.82) is 0 Å². The van der Waals surface area contributed by atoms with Crippen molar-refractivity contribution in [3.05, 3.63) is 35.4 Å². The van der Waals surface area contributed by atoms with Crippen LogP contribution in [0.15, 0.2) is 24.3 Å². The zero-order chi connectivity index (χ0) is 14.6. The number of rotatable bonds is 5. The third-order valence-electron chi connectivity index (χ3n) is 3.95. The minimum atomic E-state index is -4.03. The zero-order valence-corrected chi connectivity index (χ0v) is 11.8. The van der Waals surface area contributed by atoms with Crippen molar-refractivity contribution in [3.8, 4) is 0 Å². The number of nitrogens with one attached hydrogen (secondary N) is 1. The summed E-state index contributed by atoms with van der Waals surface area (Å²) in [5.41, 5.74) is 2.69. The Hall–Kier alpha value is -1.03. The molecule has 20 heavy (non-hydrogen) atoms. The average Bonchev–Trinajstić information content (AvgIpc) is 2.37. The van der Waals surface area contributed by atoms with Crippen LogP contribution in [0.3, 0.4) is 0 Å². The summed E-state index contributed by atoms with van der Waals surface area (Å²) in [6.45, 7) is 1.98. The summed E-state index contributed by atoms with van der Waals surface area (Å²) in [5, 5.41) is 3.49. The quantitative estimate of drug-likeness (QED) is 0.821. The maximum atomic E-state index is 12.1. The van der Waals surface area contributed by atoms with E-state index in [4.69, 9.17) is 0 Å². The molecule has 1 nitrogen and oxygen atoms in total. The predicted octanol–water partition coefficient (Wildman–Crippen LogP) is 4.77. The summed E-state index contributed by atoms with van der Waals surface area (Å²) in [7, 11) is 0. The molecule has 112 valence electrons. The molecule has 4 heteroatoms. The molecule has 2 rings (SSSR count). The minimum Gasteiger partial charge on any atom is -0.307 e. The van der Waals surface area contributed by atoms with Crippen molar-refractivity contribution < 1.29 is 13.2 Å². The summed E-state index contributed by atoms with van der Waals surface area (Å²) in [5.74, 6) is 0. The van der Waals surface area contributed by atoms with Crippen molar-refractivity contribution in [2.45, 2.75) is 63.7 Å². The molecule has 1 aliphatic rings. The van der Waals surface area contributed by atoms with Crippen LogP contribution in [0.2, 0.25) is 0 Å². The molecule has 2 atom stereocenters. The summed E-state index contributed by atoms with van der Waals surface area (Å²) in [4.78, 5) is 0. The molecule has 0 heterocycles. The van der Waals surface area contributed by atoms with Gasteiger partial charge in [0.15, 0.2) is 0 Å². The molecule has 2 unspecified atom stereocenters. The molecule has 0 saturated carbocycles. The van der Waals surface area contributed by atoms with Crippen molar-refractivity contribution in [3.63, 3.8) is 0 Å². The Morgan fingerprint density at radius 3 is 2.80 bits per heavy atom. The number of benzene rings is 1. The Bertz CT molecular complexity index is 428. The molecule has 1 aromatic rings. The molecule has 0 fully saturated rings. The molecule has 1 aromatic carbocycles.